The Morgan fingerprint density at radius 1 is 1.55 bits per heavy atom. The average Bonchev–Trinajstić information content (AvgIpc) is 2.45. The Bertz CT molecular complexity index is 196. The van der Waals surface area contributed by atoms with Crippen molar-refractivity contribution >= 4 is 5.96 Å². The van der Waals surface area contributed by atoms with Crippen LogP contribution in [0.25, 0.3) is 0 Å². The van der Waals surface area contributed by atoms with Crippen LogP contribution in [0.1, 0.15) is 25.7 Å². The van der Waals surface area contributed by atoms with Gasteiger partial charge >= 0.3 is 0 Å². The third-order valence-corrected chi connectivity index (χ3v) is 2.63. The molecule has 11 heavy (non-hydrogen) atoms. The number of nitrogens with zero attached hydrogens (tertiary/aromatic N) is 1. The highest BCUT2D eigenvalue weighted by atomic mass is 16.3. The van der Waals surface area contributed by atoms with Gasteiger partial charge in [-0.1, -0.05) is 12.8 Å². The van der Waals surface area contributed by atoms with E-state index < -0.39 is 6.23 Å². The van der Waals surface area contributed by atoms with E-state index in [4.69, 9.17) is 5.73 Å². The van der Waals surface area contributed by atoms with Gasteiger partial charge in [0.1, 0.15) is 0 Å². The predicted molar refractivity (Wildman–Crippen MR) is 42.0 cm³/mol. The summed E-state index contributed by atoms with van der Waals surface area (Å²) < 4.78 is 0. The Balaban J connectivity index is 2.17. The number of hydrogen-bond acceptors (Lipinski definition) is 4. The van der Waals surface area contributed by atoms with E-state index in [0.29, 0.717) is 5.96 Å². The van der Waals surface area contributed by atoms with Gasteiger partial charge in [-0.15, -0.1) is 0 Å². The Labute approximate surface area is 65.5 Å². The van der Waals surface area contributed by atoms with E-state index in [1.165, 1.54) is 0 Å². The molecule has 0 amide bonds. The quantitative estimate of drug-likeness (QED) is 0.443. The van der Waals surface area contributed by atoms with Crippen molar-refractivity contribution in [3.05, 3.63) is 0 Å². The first kappa shape index (κ1) is 6.91. The van der Waals surface area contributed by atoms with Crippen molar-refractivity contribution in [2.24, 2.45) is 10.7 Å². The normalized spacial score (nSPS) is 33.9. The molecule has 0 aromatic carbocycles. The molecule has 0 aromatic rings. The van der Waals surface area contributed by atoms with Crippen LogP contribution in [0.4, 0.5) is 0 Å². The first-order chi connectivity index (χ1) is 5.23. The van der Waals surface area contributed by atoms with Gasteiger partial charge < -0.3 is 16.2 Å². The van der Waals surface area contributed by atoms with Crippen molar-refractivity contribution in [3.63, 3.8) is 0 Å². The summed E-state index contributed by atoms with van der Waals surface area (Å²) in [7, 11) is 0. The minimum atomic E-state index is -0.620. The summed E-state index contributed by atoms with van der Waals surface area (Å²) in [5.74, 6) is 0.388. The molecule has 1 unspecified atom stereocenters. The zero-order valence-electron chi connectivity index (χ0n) is 6.38. The fourth-order valence-corrected chi connectivity index (χ4v) is 2.00. The summed E-state index contributed by atoms with van der Waals surface area (Å²) in [6.07, 6.45) is 3.67. The van der Waals surface area contributed by atoms with Crippen molar-refractivity contribution in [1.82, 2.24) is 5.32 Å². The van der Waals surface area contributed by atoms with Crippen LogP contribution in [-0.4, -0.2) is 22.8 Å². The molecular weight excluding hydrogens is 142 g/mol. The number of guanidine groups is 1. The molecule has 4 nitrogen and oxygen atoms in total. The lowest BCUT2D eigenvalue weighted by atomic mass is 9.97. The molecule has 0 radical (unpaired) electrons. The zero-order valence-corrected chi connectivity index (χ0v) is 6.38. The topological polar surface area (TPSA) is 70.6 Å². The molecule has 1 aliphatic heterocycles. The van der Waals surface area contributed by atoms with E-state index in [9.17, 15) is 5.11 Å². The lowest BCUT2D eigenvalue weighted by Crippen LogP contribution is -2.49. The maximum absolute atomic E-state index is 9.52. The summed E-state index contributed by atoms with van der Waals surface area (Å²) in [6, 6.07) is 0. The second kappa shape index (κ2) is 2.11. The number of aliphatic hydroxyl groups is 1. The van der Waals surface area contributed by atoms with Crippen LogP contribution in [0, 0.1) is 0 Å². The summed E-state index contributed by atoms with van der Waals surface area (Å²) in [4.78, 5) is 3.86. The molecule has 0 saturated heterocycles. The van der Waals surface area contributed by atoms with Crippen molar-refractivity contribution in [1.29, 1.82) is 0 Å². The second-order valence-corrected chi connectivity index (χ2v) is 3.38. The smallest absolute Gasteiger partial charge is 0.191 e. The lowest BCUT2D eigenvalue weighted by molar-refractivity contribution is 0.0971. The fourth-order valence-electron chi connectivity index (χ4n) is 2.00. The minimum absolute atomic E-state index is 0.204. The molecule has 2 rings (SSSR count). The van der Waals surface area contributed by atoms with Crippen molar-refractivity contribution in [2.75, 3.05) is 0 Å². The van der Waals surface area contributed by atoms with Crippen LogP contribution >= 0.6 is 0 Å². The van der Waals surface area contributed by atoms with Gasteiger partial charge in [-0.2, -0.15) is 0 Å². The van der Waals surface area contributed by atoms with E-state index in [-0.39, 0.29) is 5.54 Å². The van der Waals surface area contributed by atoms with E-state index >= 15 is 0 Å². The van der Waals surface area contributed by atoms with Gasteiger partial charge in [-0.05, 0) is 12.8 Å². The Morgan fingerprint density at radius 3 is 2.64 bits per heavy atom. The highest BCUT2D eigenvalue weighted by molar-refractivity contribution is 5.81. The van der Waals surface area contributed by atoms with Gasteiger partial charge in [0.25, 0.3) is 0 Å². The zero-order chi connectivity index (χ0) is 7.90. The number of hydrogen-bond donors (Lipinski definition) is 3. The first-order valence-corrected chi connectivity index (χ1v) is 4.02. The Kier molecular flexibility index (Phi) is 1.32. The summed E-state index contributed by atoms with van der Waals surface area (Å²) in [6.45, 7) is 0. The van der Waals surface area contributed by atoms with Gasteiger partial charge in [0.2, 0.25) is 0 Å². The SMILES string of the molecule is NC1=NC(O)C2(CCCC2)N1. The van der Waals surface area contributed by atoms with Crippen LogP contribution in [0.3, 0.4) is 0 Å². The summed E-state index contributed by atoms with van der Waals surface area (Å²) in [5, 5.41) is 12.6. The predicted octanol–water partition coefficient (Wildman–Crippen LogP) is -0.465. The van der Waals surface area contributed by atoms with E-state index in [1.807, 2.05) is 0 Å². The maximum atomic E-state index is 9.52. The molecule has 4 heteroatoms. The minimum Gasteiger partial charge on any atom is -0.370 e. The largest absolute Gasteiger partial charge is 0.370 e. The van der Waals surface area contributed by atoms with Gasteiger partial charge in [-0.25, -0.2) is 4.99 Å². The summed E-state index contributed by atoms with van der Waals surface area (Å²) >= 11 is 0. The Morgan fingerprint density at radius 2 is 2.18 bits per heavy atom. The molecule has 1 fully saturated rings. The Hall–Kier alpha value is -0.770. The molecule has 1 heterocycles. The molecule has 4 N–H and O–H groups in total. The molecule has 0 bridgehead atoms. The molecule has 2 aliphatic rings. The van der Waals surface area contributed by atoms with E-state index in [2.05, 4.69) is 10.3 Å². The highest BCUT2D eigenvalue weighted by Crippen LogP contribution is 2.35. The van der Waals surface area contributed by atoms with Crippen LogP contribution in [0.2, 0.25) is 0 Å². The third-order valence-electron chi connectivity index (χ3n) is 2.63. The number of rotatable bonds is 0. The molecule has 1 atom stereocenters. The number of aliphatic hydroxyl groups excluding tert-OH is 1. The second-order valence-electron chi connectivity index (χ2n) is 3.38. The average molecular weight is 155 g/mol. The maximum Gasteiger partial charge on any atom is 0.191 e. The van der Waals surface area contributed by atoms with Gasteiger partial charge in [0.05, 0.1) is 5.54 Å². The molecule has 1 aliphatic carbocycles. The first-order valence-electron chi connectivity index (χ1n) is 4.02. The molecule has 0 aromatic heterocycles. The van der Waals surface area contributed by atoms with Crippen LogP contribution in [-0.2, 0) is 0 Å². The van der Waals surface area contributed by atoms with Crippen molar-refractivity contribution < 1.29 is 5.11 Å². The van der Waals surface area contributed by atoms with Gasteiger partial charge in [0.15, 0.2) is 12.2 Å². The molecule has 62 valence electrons. The lowest BCUT2D eigenvalue weighted by Gasteiger charge is -2.26. The van der Waals surface area contributed by atoms with Gasteiger partial charge in [0, 0.05) is 0 Å². The van der Waals surface area contributed by atoms with Crippen molar-refractivity contribution in [3.8, 4) is 0 Å². The molecule has 1 saturated carbocycles. The van der Waals surface area contributed by atoms with E-state index in [0.717, 1.165) is 25.7 Å². The third kappa shape index (κ3) is 0.894. The van der Waals surface area contributed by atoms with E-state index in [1.54, 1.807) is 0 Å². The van der Waals surface area contributed by atoms with Crippen LogP contribution in [0.5, 0.6) is 0 Å². The van der Waals surface area contributed by atoms with Crippen molar-refractivity contribution in [2.45, 2.75) is 37.5 Å². The monoisotopic (exact) mass is 155 g/mol. The van der Waals surface area contributed by atoms with Gasteiger partial charge in [-0.3, -0.25) is 0 Å². The fraction of sp³-hybridized carbons (Fsp3) is 0.857. The molecule has 1 spiro atoms. The highest BCUT2D eigenvalue weighted by Gasteiger charge is 2.44. The summed E-state index contributed by atoms with van der Waals surface area (Å²) in [5.41, 5.74) is 5.25. The number of nitrogens with one attached hydrogen (secondary N) is 1. The van der Waals surface area contributed by atoms with Crippen LogP contribution < -0.4 is 11.1 Å². The number of aliphatic imine (C=N–C) groups is 1. The standard InChI is InChI=1S/C7H13N3O/c8-6-9-5(11)7(10-6)3-1-2-4-7/h5,11H,1-4H2,(H3,8,9,10). The van der Waals surface area contributed by atoms with Crippen LogP contribution in [0.15, 0.2) is 4.99 Å². The number of nitrogens with two attached hydrogens (primary N) is 1. The molecular formula is C7H13N3O.